The van der Waals surface area contributed by atoms with E-state index in [1.165, 1.54) is 44.1 Å². The van der Waals surface area contributed by atoms with E-state index < -0.39 is 0 Å². The zero-order valence-electron chi connectivity index (χ0n) is 14.7. The summed E-state index contributed by atoms with van der Waals surface area (Å²) in [5.74, 6) is 0.978. The van der Waals surface area contributed by atoms with E-state index in [0.717, 1.165) is 32.1 Å². The second-order valence-corrected chi connectivity index (χ2v) is 7.60. The molecule has 0 aromatic heterocycles. The van der Waals surface area contributed by atoms with Gasteiger partial charge in [-0.2, -0.15) is 0 Å². The molecule has 2 aliphatic rings. The van der Waals surface area contributed by atoms with Crippen LogP contribution in [0.15, 0.2) is 17.1 Å². The highest BCUT2D eigenvalue weighted by molar-refractivity contribution is 5.80. The molecule has 4 nitrogen and oxygen atoms in total. The van der Waals surface area contributed by atoms with Gasteiger partial charge in [0, 0.05) is 39.3 Å². The molecule has 0 spiro atoms. The number of nitrogens with one attached hydrogen (secondary N) is 2. The third-order valence-electron chi connectivity index (χ3n) is 5.14. The number of hydrogen-bond acceptors (Lipinski definition) is 2. The summed E-state index contributed by atoms with van der Waals surface area (Å²) in [6.45, 7) is 12.9. The summed E-state index contributed by atoms with van der Waals surface area (Å²) in [7, 11) is 1.88. The maximum Gasteiger partial charge on any atom is 0.191 e. The van der Waals surface area contributed by atoms with E-state index in [9.17, 15) is 0 Å². The normalized spacial score (nSPS) is 23.5. The zero-order chi connectivity index (χ0) is 16.0. The van der Waals surface area contributed by atoms with Crippen LogP contribution in [0.5, 0.6) is 0 Å². The predicted molar refractivity (Wildman–Crippen MR) is 95.3 cm³/mol. The highest BCUT2D eigenvalue weighted by Crippen LogP contribution is 2.36. The standard InChI is InChI=1S/C18H34N4/c1-15(2)13-22-11-7-16(8-12-22)21-17(19-4)20-14-18(3)9-5-6-10-18/h16H,1,5-14H2,2-4H3,(H2,19,20,21). The maximum absolute atomic E-state index is 4.41. The summed E-state index contributed by atoms with van der Waals surface area (Å²) in [4.78, 5) is 6.90. The molecule has 0 amide bonds. The fourth-order valence-electron chi connectivity index (χ4n) is 3.71. The van der Waals surface area contributed by atoms with Crippen molar-refractivity contribution in [2.45, 2.75) is 58.4 Å². The molecular weight excluding hydrogens is 272 g/mol. The summed E-state index contributed by atoms with van der Waals surface area (Å²) in [6.07, 6.45) is 7.82. The second-order valence-electron chi connectivity index (χ2n) is 7.60. The van der Waals surface area contributed by atoms with Crippen LogP contribution in [0.2, 0.25) is 0 Å². The van der Waals surface area contributed by atoms with Gasteiger partial charge < -0.3 is 10.6 Å². The molecule has 2 fully saturated rings. The van der Waals surface area contributed by atoms with E-state index in [2.05, 4.69) is 41.0 Å². The van der Waals surface area contributed by atoms with Crippen molar-refractivity contribution in [3.63, 3.8) is 0 Å². The van der Waals surface area contributed by atoms with Crippen LogP contribution in [-0.4, -0.2) is 50.1 Å². The molecule has 0 atom stereocenters. The minimum absolute atomic E-state index is 0.461. The highest BCUT2D eigenvalue weighted by atomic mass is 15.2. The second kappa shape index (κ2) is 8.00. The molecule has 1 saturated heterocycles. The van der Waals surface area contributed by atoms with Crippen molar-refractivity contribution in [3.8, 4) is 0 Å². The number of nitrogens with zero attached hydrogens (tertiary/aromatic N) is 2. The fourth-order valence-corrected chi connectivity index (χ4v) is 3.71. The Bertz CT molecular complexity index is 388. The molecule has 2 rings (SSSR count). The summed E-state index contributed by atoms with van der Waals surface area (Å²) in [6, 6.07) is 0.545. The molecule has 0 aromatic carbocycles. The van der Waals surface area contributed by atoms with Gasteiger partial charge in [0.2, 0.25) is 0 Å². The molecule has 0 unspecified atom stereocenters. The number of aliphatic imine (C=N–C) groups is 1. The first-order chi connectivity index (χ1) is 10.5. The van der Waals surface area contributed by atoms with E-state index >= 15 is 0 Å². The van der Waals surface area contributed by atoms with Crippen molar-refractivity contribution in [3.05, 3.63) is 12.2 Å². The number of guanidine groups is 1. The van der Waals surface area contributed by atoms with Crippen molar-refractivity contribution >= 4 is 5.96 Å². The Kier molecular flexibility index (Phi) is 6.30. The topological polar surface area (TPSA) is 39.7 Å². The van der Waals surface area contributed by atoms with Gasteiger partial charge in [-0.25, -0.2) is 0 Å². The molecule has 0 aromatic rings. The van der Waals surface area contributed by atoms with Crippen LogP contribution in [0.4, 0.5) is 0 Å². The van der Waals surface area contributed by atoms with Crippen molar-refractivity contribution in [1.29, 1.82) is 0 Å². The number of piperidine rings is 1. The Morgan fingerprint density at radius 2 is 1.91 bits per heavy atom. The summed E-state index contributed by atoms with van der Waals surface area (Å²) in [5, 5.41) is 7.16. The minimum Gasteiger partial charge on any atom is -0.356 e. The Morgan fingerprint density at radius 3 is 2.45 bits per heavy atom. The third-order valence-corrected chi connectivity index (χ3v) is 5.14. The molecule has 22 heavy (non-hydrogen) atoms. The molecule has 2 N–H and O–H groups in total. The van der Waals surface area contributed by atoms with Gasteiger partial charge in [-0.15, -0.1) is 0 Å². The minimum atomic E-state index is 0.461. The molecule has 1 saturated carbocycles. The van der Waals surface area contributed by atoms with Crippen LogP contribution in [0.1, 0.15) is 52.4 Å². The third kappa shape index (κ3) is 5.31. The van der Waals surface area contributed by atoms with E-state index in [1.54, 1.807) is 0 Å². The Balaban J connectivity index is 1.71. The average Bonchev–Trinajstić information content (AvgIpc) is 2.92. The monoisotopic (exact) mass is 306 g/mol. The number of hydrogen-bond donors (Lipinski definition) is 2. The Labute approximate surface area is 136 Å². The lowest BCUT2D eigenvalue weighted by Gasteiger charge is -2.33. The smallest absolute Gasteiger partial charge is 0.191 e. The van der Waals surface area contributed by atoms with Crippen LogP contribution < -0.4 is 10.6 Å². The SMILES string of the molecule is C=C(C)CN1CCC(NC(=NC)NCC2(C)CCCC2)CC1. The summed E-state index contributed by atoms with van der Waals surface area (Å²) >= 11 is 0. The van der Waals surface area contributed by atoms with Gasteiger partial charge in [-0.3, -0.25) is 9.89 Å². The molecule has 0 radical (unpaired) electrons. The highest BCUT2D eigenvalue weighted by Gasteiger charge is 2.29. The van der Waals surface area contributed by atoms with E-state index in [4.69, 9.17) is 0 Å². The largest absolute Gasteiger partial charge is 0.356 e. The van der Waals surface area contributed by atoms with Gasteiger partial charge in [-0.05, 0) is 38.0 Å². The van der Waals surface area contributed by atoms with Crippen molar-refractivity contribution < 1.29 is 0 Å². The van der Waals surface area contributed by atoms with Gasteiger partial charge >= 0.3 is 0 Å². The van der Waals surface area contributed by atoms with Gasteiger partial charge in [0.05, 0.1) is 0 Å². The molecule has 1 heterocycles. The first-order valence-electron chi connectivity index (χ1n) is 8.85. The number of rotatable bonds is 5. The lowest BCUT2D eigenvalue weighted by molar-refractivity contribution is 0.220. The molecule has 1 aliphatic heterocycles. The predicted octanol–water partition coefficient (Wildman–Crippen LogP) is 2.77. The zero-order valence-corrected chi connectivity index (χ0v) is 14.7. The van der Waals surface area contributed by atoms with Crippen LogP contribution in [0.3, 0.4) is 0 Å². The van der Waals surface area contributed by atoms with Crippen LogP contribution in [-0.2, 0) is 0 Å². The lowest BCUT2D eigenvalue weighted by Crippen LogP contribution is -2.50. The molecule has 126 valence electrons. The average molecular weight is 306 g/mol. The van der Waals surface area contributed by atoms with E-state index in [-0.39, 0.29) is 0 Å². The number of likely N-dealkylation sites (tertiary alicyclic amines) is 1. The quantitative estimate of drug-likeness (QED) is 0.466. The van der Waals surface area contributed by atoms with Crippen molar-refractivity contribution in [2.24, 2.45) is 10.4 Å². The van der Waals surface area contributed by atoms with Gasteiger partial charge in [0.25, 0.3) is 0 Å². The first kappa shape index (κ1) is 17.3. The molecule has 4 heteroatoms. The molecular formula is C18H34N4. The van der Waals surface area contributed by atoms with Crippen LogP contribution in [0.25, 0.3) is 0 Å². The van der Waals surface area contributed by atoms with Gasteiger partial charge in [0.1, 0.15) is 0 Å². The van der Waals surface area contributed by atoms with E-state index in [1.807, 2.05) is 7.05 Å². The summed E-state index contributed by atoms with van der Waals surface area (Å²) in [5.41, 5.74) is 1.72. The maximum atomic E-state index is 4.41. The molecule has 1 aliphatic carbocycles. The summed E-state index contributed by atoms with van der Waals surface area (Å²) < 4.78 is 0. The fraction of sp³-hybridized carbons (Fsp3) is 0.833. The van der Waals surface area contributed by atoms with E-state index in [0.29, 0.717) is 11.5 Å². The Morgan fingerprint density at radius 1 is 1.27 bits per heavy atom. The van der Waals surface area contributed by atoms with Crippen LogP contribution >= 0.6 is 0 Å². The Hall–Kier alpha value is -1.03. The van der Waals surface area contributed by atoms with Gasteiger partial charge in [-0.1, -0.05) is 31.9 Å². The molecule has 0 bridgehead atoms. The van der Waals surface area contributed by atoms with Crippen molar-refractivity contribution in [1.82, 2.24) is 15.5 Å². The van der Waals surface area contributed by atoms with Gasteiger partial charge in [0.15, 0.2) is 5.96 Å². The van der Waals surface area contributed by atoms with Crippen molar-refractivity contribution in [2.75, 3.05) is 33.2 Å². The first-order valence-corrected chi connectivity index (χ1v) is 8.85. The van der Waals surface area contributed by atoms with Crippen LogP contribution in [0, 0.1) is 5.41 Å². The lowest BCUT2D eigenvalue weighted by atomic mass is 9.89.